The van der Waals surface area contributed by atoms with Crippen LogP contribution in [-0.2, 0) is 14.3 Å². The Morgan fingerprint density at radius 2 is 2.27 bits per heavy atom. The highest BCUT2D eigenvalue weighted by Crippen LogP contribution is 2.07. The number of unbranched alkanes of at least 4 members (excludes halogenated alkanes) is 2. The Morgan fingerprint density at radius 1 is 1.53 bits per heavy atom. The number of carbonyl (C=O) groups is 1. The van der Waals surface area contributed by atoms with Gasteiger partial charge in [-0.1, -0.05) is 0 Å². The lowest BCUT2D eigenvalue weighted by Gasteiger charge is -2.08. The summed E-state index contributed by atoms with van der Waals surface area (Å²) < 4.78 is 4.74. The Labute approximate surface area is 88.7 Å². The summed E-state index contributed by atoms with van der Waals surface area (Å²) in [4.78, 5) is 24.7. The molecule has 0 spiro atoms. The van der Waals surface area contributed by atoms with E-state index in [2.05, 4.69) is 4.99 Å². The second-order valence-electron chi connectivity index (χ2n) is 2.89. The van der Waals surface area contributed by atoms with E-state index in [1.165, 1.54) is 6.08 Å². The van der Waals surface area contributed by atoms with Crippen LogP contribution in [0.3, 0.4) is 0 Å². The molecule has 0 aliphatic heterocycles. The van der Waals surface area contributed by atoms with Crippen LogP contribution in [0.1, 0.15) is 32.6 Å². The van der Waals surface area contributed by atoms with Gasteiger partial charge in [0, 0.05) is 6.42 Å². The molecule has 0 saturated carbocycles. The monoisotopic (exact) mass is 210 g/mol. The van der Waals surface area contributed by atoms with E-state index in [1.807, 2.05) is 6.07 Å². The fraction of sp³-hybridized carbons (Fsp3) is 0.700. The minimum absolute atomic E-state index is 0.266. The number of hydrogen-bond acceptors (Lipinski definition) is 5. The third-order valence-corrected chi connectivity index (χ3v) is 1.78. The number of esters is 1. The van der Waals surface area contributed by atoms with Crippen molar-refractivity contribution in [2.75, 3.05) is 6.61 Å². The first kappa shape index (κ1) is 13.3. The molecule has 0 saturated heterocycles. The number of ether oxygens (including phenoxy) is 1. The van der Waals surface area contributed by atoms with Crippen molar-refractivity contribution >= 4 is 12.0 Å². The number of hydrogen-bond donors (Lipinski definition) is 0. The highest BCUT2D eigenvalue weighted by Gasteiger charge is 2.17. The predicted octanol–water partition coefficient (Wildman–Crippen LogP) is 1.34. The van der Waals surface area contributed by atoms with Gasteiger partial charge in [0.25, 0.3) is 0 Å². The number of carbonyl (C=O) groups excluding carboxylic acids is 2. The van der Waals surface area contributed by atoms with E-state index in [0.29, 0.717) is 25.7 Å². The molecule has 1 atom stereocenters. The van der Waals surface area contributed by atoms with Gasteiger partial charge < -0.3 is 4.74 Å². The van der Waals surface area contributed by atoms with Crippen molar-refractivity contribution in [3.63, 3.8) is 0 Å². The molecule has 82 valence electrons. The third-order valence-electron chi connectivity index (χ3n) is 1.78. The van der Waals surface area contributed by atoms with Crippen LogP contribution in [0.25, 0.3) is 0 Å². The van der Waals surface area contributed by atoms with Crippen LogP contribution in [-0.4, -0.2) is 24.7 Å². The topological polar surface area (TPSA) is 79.5 Å². The molecule has 0 aliphatic carbocycles. The summed E-state index contributed by atoms with van der Waals surface area (Å²) in [7, 11) is 0. The molecule has 0 N–H and O–H groups in total. The van der Waals surface area contributed by atoms with Crippen LogP contribution in [0.15, 0.2) is 4.99 Å². The van der Waals surface area contributed by atoms with Crippen molar-refractivity contribution in [1.82, 2.24) is 0 Å². The van der Waals surface area contributed by atoms with Gasteiger partial charge in [-0.15, -0.1) is 0 Å². The Bertz CT molecular complexity index is 277. The van der Waals surface area contributed by atoms with Gasteiger partial charge in [0.05, 0.1) is 12.7 Å². The van der Waals surface area contributed by atoms with Crippen molar-refractivity contribution < 1.29 is 14.3 Å². The standard InChI is InChI=1S/C10H14N2O3/c1-2-15-10(14)9(12-8-13)6-4-3-5-7-11/h9H,2-6H2,1H3. The highest BCUT2D eigenvalue weighted by atomic mass is 16.5. The molecule has 0 aromatic carbocycles. The zero-order valence-corrected chi connectivity index (χ0v) is 8.73. The molecule has 1 unspecified atom stereocenters. The van der Waals surface area contributed by atoms with Gasteiger partial charge >= 0.3 is 5.97 Å². The Hall–Kier alpha value is -1.66. The number of aliphatic imine (C=N–C) groups is 1. The third kappa shape index (κ3) is 6.42. The summed E-state index contributed by atoms with van der Waals surface area (Å²) in [5.74, 6) is -0.502. The van der Waals surface area contributed by atoms with E-state index in [1.54, 1.807) is 6.92 Å². The summed E-state index contributed by atoms with van der Waals surface area (Å²) in [6.45, 7) is 1.96. The van der Waals surface area contributed by atoms with Crippen molar-refractivity contribution in [3.05, 3.63) is 0 Å². The van der Waals surface area contributed by atoms with Crippen LogP contribution < -0.4 is 0 Å². The zero-order chi connectivity index (χ0) is 11.5. The van der Waals surface area contributed by atoms with Crippen LogP contribution in [0.5, 0.6) is 0 Å². The van der Waals surface area contributed by atoms with Gasteiger partial charge in [-0.3, -0.25) is 0 Å². The van der Waals surface area contributed by atoms with Crippen molar-refractivity contribution in [2.24, 2.45) is 4.99 Å². The fourth-order valence-corrected chi connectivity index (χ4v) is 1.08. The fourth-order valence-electron chi connectivity index (χ4n) is 1.08. The maximum Gasteiger partial charge on any atom is 0.331 e. The van der Waals surface area contributed by atoms with E-state index in [0.717, 1.165) is 0 Å². The van der Waals surface area contributed by atoms with Gasteiger partial charge in [0.1, 0.15) is 0 Å². The quantitative estimate of drug-likeness (QED) is 0.275. The van der Waals surface area contributed by atoms with Crippen molar-refractivity contribution in [1.29, 1.82) is 5.26 Å². The molecule has 0 radical (unpaired) electrons. The second-order valence-corrected chi connectivity index (χ2v) is 2.89. The minimum atomic E-state index is -0.763. The first-order valence-electron chi connectivity index (χ1n) is 4.86. The lowest BCUT2D eigenvalue weighted by atomic mass is 10.1. The van der Waals surface area contributed by atoms with Gasteiger partial charge in [0.15, 0.2) is 6.04 Å². The van der Waals surface area contributed by atoms with Crippen LogP contribution in [0, 0.1) is 11.3 Å². The van der Waals surface area contributed by atoms with E-state index >= 15 is 0 Å². The molecule has 5 heteroatoms. The smallest absolute Gasteiger partial charge is 0.331 e. The lowest BCUT2D eigenvalue weighted by molar-refractivity contribution is -0.144. The van der Waals surface area contributed by atoms with Crippen LogP contribution in [0.4, 0.5) is 0 Å². The highest BCUT2D eigenvalue weighted by molar-refractivity contribution is 5.76. The van der Waals surface area contributed by atoms with E-state index in [9.17, 15) is 9.59 Å². The molecule has 0 aliphatic rings. The molecule has 0 aromatic rings. The summed E-state index contributed by atoms with van der Waals surface area (Å²) in [6, 6.07) is 1.24. The average Bonchev–Trinajstić information content (AvgIpc) is 2.23. The van der Waals surface area contributed by atoms with E-state index < -0.39 is 12.0 Å². The number of nitrogens with zero attached hydrogens (tertiary/aromatic N) is 2. The van der Waals surface area contributed by atoms with Crippen LogP contribution >= 0.6 is 0 Å². The maximum atomic E-state index is 11.2. The lowest BCUT2D eigenvalue weighted by Crippen LogP contribution is -2.21. The average molecular weight is 210 g/mol. The normalized spacial score (nSPS) is 10.9. The molecule has 0 amide bonds. The second kappa shape index (κ2) is 8.92. The number of nitriles is 1. The van der Waals surface area contributed by atoms with Crippen molar-refractivity contribution in [2.45, 2.75) is 38.6 Å². The Morgan fingerprint density at radius 3 is 2.80 bits per heavy atom. The summed E-state index contributed by atoms with van der Waals surface area (Å²) in [5, 5.41) is 8.30. The molecule has 0 aromatic heterocycles. The van der Waals surface area contributed by atoms with E-state index in [4.69, 9.17) is 10.00 Å². The largest absolute Gasteiger partial charge is 0.464 e. The van der Waals surface area contributed by atoms with Crippen molar-refractivity contribution in [3.8, 4) is 6.07 Å². The predicted molar refractivity (Wildman–Crippen MR) is 52.6 cm³/mol. The summed E-state index contributed by atoms with van der Waals surface area (Å²) >= 11 is 0. The number of isocyanates is 1. The summed E-state index contributed by atoms with van der Waals surface area (Å²) in [5.41, 5.74) is 0. The van der Waals surface area contributed by atoms with Gasteiger partial charge in [-0.2, -0.15) is 10.3 Å². The molecule has 0 heterocycles. The zero-order valence-electron chi connectivity index (χ0n) is 8.73. The first-order chi connectivity index (χ1) is 7.26. The summed E-state index contributed by atoms with van der Waals surface area (Å²) in [6.07, 6.45) is 3.59. The molecule has 0 bridgehead atoms. The Kier molecular flexibility index (Phi) is 7.93. The molecule has 0 fully saturated rings. The Balaban J connectivity index is 3.99. The maximum absolute atomic E-state index is 11.2. The van der Waals surface area contributed by atoms with Gasteiger partial charge in [0.2, 0.25) is 6.08 Å². The van der Waals surface area contributed by atoms with Gasteiger partial charge in [-0.25, -0.2) is 9.59 Å². The van der Waals surface area contributed by atoms with E-state index in [-0.39, 0.29) is 6.61 Å². The number of rotatable bonds is 7. The molecular formula is C10H14N2O3. The molecule has 0 rings (SSSR count). The first-order valence-corrected chi connectivity index (χ1v) is 4.86. The molecule has 15 heavy (non-hydrogen) atoms. The SMILES string of the molecule is CCOC(=O)C(CCCCC#N)N=C=O. The van der Waals surface area contributed by atoms with Gasteiger partial charge in [-0.05, 0) is 26.2 Å². The van der Waals surface area contributed by atoms with Crippen LogP contribution in [0.2, 0.25) is 0 Å². The molecule has 5 nitrogen and oxygen atoms in total. The minimum Gasteiger partial charge on any atom is -0.464 e. The molecular weight excluding hydrogens is 196 g/mol.